The van der Waals surface area contributed by atoms with Gasteiger partial charge in [-0.15, -0.1) is 0 Å². The maximum atomic E-state index is 13.3. The van der Waals surface area contributed by atoms with E-state index in [1.165, 1.54) is 0 Å². The second kappa shape index (κ2) is 9.79. The lowest BCUT2D eigenvalue weighted by molar-refractivity contribution is 0.102. The van der Waals surface area contributed by atoms with Gasteiger partial charge in [-0.2, -0.15) is 5.10 Å². The lowest BCUT2D eigenvalue weighted by atomic mass is 10.1. The van der Waals surface area contributed by atoms with E-state index < -0.39 is 0 Å². The SMILES string of the molecule is COc1ccc(-n2ncc(C(=O)Nc3nccc4c(Nc5ccnc6c(N)cccc56)cccc34)c2C)cc1. The number of hydrogen-bond acceptors (Lipinski definition) is 7. The lowest BCUT2D eigenvalue weighted by Crippen LogP contribution is -2.14. The number of para-hydroxylation sites is 1. The average Bonchev–Trinajstić information content (AvgIpc) is 3.35. The van der Waals surface area contributed by atoms with Crippen molar-refractivity contribution in [3.05, 3.63) is 103 Å². The van der Waals surface area contributed by atoms with Gasteiger partial charge in [0.25, 0.3) is 5.91 Å². The van der Waals surface area contributed by atoms with Crippen molar-refractivity contribution in [1.29, 1.82) is 0 Å². The molecule has 3 heterocycles. The number of pyridine rings is 2. The first-order valence-electron chi connectivity index (χ1n) is 12.3. The second-order valence-corrected chi connectivity index (χ2v) is 8.99. The molecule has 9 nitrogen and oxygen atoms in total. The molecule has 0 spiro atoms. The van der Waals surface area contributed by atoms with Crippen LogP contribution in [0.3, 0.4) is 0 Å². The number of anilines is 4. The number of rotatable bonds is 6. The molecular weight excluding hydrogens is 490 g/mol. The highest BCUT2D eigenvalue weighted by Gasteiger charge is 2.17. The number of carbonyl (C=O) groups excluding carboxylic acids is 1. The van der Waals surface area contributed by atoms with Crippen molar-refractivity contribution in [2.24, 2.45) is 0 Å². The Hall–Kier alpha value is -5.44. The molecule has 6 aromatic rings. The Bertz CT molecular complexity index is 1850. The van der Waals surface area contributed by atoms with Gasteiger partial charge < -0.3 is 21.1 Å². The number of ether oxygens (including phenoxy) is 1. The minimum Gasteiger partial charge on any atom is -0.497 e. The summed E-state index contributed by atoms with van der Waals surface area (Å²) >= 11 is 0. The molecule has 0 saturated heterocycles. The standard InChI is InChI=1S/C30H25N7O2/c1-18-24(17-34-37(18)19-9-11-20(39-2)12-10-19)30(38)36-29-22-5-4-8-26(21(22)13-15-33-29)35-27-14-16-32-28-23(27)6-3-7-25(28)31/h3-17H,31H2,1-2H3,(H,32,35)(H,33,36,38). The Morgan fingerprint density at radius 3 is 2.44 bits per heavy atom. The number of carbonyl (C=O) groups is 1. The molecule has 3 aromatic heterocycles. The van der Waals surface area contributed by atoms with E-state index in [1.54, 1.807) is 30.4 Å². The molecule has 9 heteroatoms. The molecule has 0 aliphatic carbocycles. The highest BCUT2D eigenvalue weighted by molar-refractivity contribution is 6.11. The van der Waals surface area contributed by atoms with Gasteiger partial charge >= 0.3 is 0 Å². The highest BCUT2D eigenvalue weighted by Crippen LogP contribution is 2.33. The largest absolute Gasteiger partial charge is 0.497 e. The van der Waals surface area contributed by atoms with Crippen LogP contribution < -0.4 is 21.1 Å². The topological polar surface area (TPSA) is 120 Å². The van der Waals surface area contributed by atoms with Crippen molar-refractivity contribution in [2.45, 2.75) is 6.92 Å². The lowest BCUT2D eigenvalue weighted by Gasteiger charge is -2.14. The average molecular weight is 516 g/mol. The molecule has 0 aliphatic heterocycles. The molecule has 0 fully saturated rings. The zero-order chi connectivity index (χ0) is 26.9. The third-order valence-electron chi connectivity index (χ3n) is 6.68. The maximum absolute atomic E-state index is 13.3. The first-order chi connectivity index (χ1) is 19.0. The van der Waals surface area contributed by atoms with Crippen molar-refractivity contribution in [2.75, 3.05) is 23.5 Å². The summed E-state index contributed by atoms with van der Waals surface area (Å²) in [7, 11) is 1.62. The predicted molar refractivity (Wildman–Crippen MR) is 154 cm³/mol. The predicted octanol–water partition coefficient (Wildman–Crippen LogP) is 5.86. The molecule has 0 aliphatic rings. The van der Waals surface area contributed by atoms with Crippen LogP contribution in [-0.4, -0.2) is 32.8 Å². The van der Waals surface area contributed by atoms with Gasteiger partial charge in [0.05, 0.1) is 41.5 Å². The van der Waals surface area contributed by atoms with Crippen molar-refractivity contribution < 1.29 is 9.53 Å². The molecule has 4 N–H and O–H groups in total. The van der Waals surface area contributed by atoms with Crippen molar-refractivity contribution >= 4 is 50.5 Å². The number of fused-ring (bicyclic) bond motifs is 2. The van der Waals surface area contributed by atoms with E-state index in [9.17, 15) is 4.79 Å². The summed E-state index contributed by atoms with van der Waals surface area (Å²) in [6.45, 7) is 1.86. The van der Waals surface area contributed by atoms with E-state index in [1.807, 2.05) is 79.7 Å². The minimum atomic E-state index is -0.291. The fourth-order valence-corrected chi connectivity index (χ4v) is 4.66. The number of nitrogens with two attached hydrogens (primary N) is 1. The first kappa shape index (κ1) is 23.9. The summed E-state index contributed by atoms with van der Waals surface area (Å²) < 4.78 is 6.95. The number of hydrogen-bond donors (Lipinski definition) is 3. The van der Waals surface area contributed by atoms with Crippen LogP contribution in [0.5, 0.6) is 5.75 Å². The molecule has 6 rings (SSSR count). The normalized spacial score (nSPS) is 11.0. The van der Waals surface area contributed by atoms with Gasteiger partial charge in [0.15, 0.2) is 0 Å². The number of amides is 1. The van der Waals surface area contributed by atoms with Gasteiger partial charge in [-0.05, 0) is 55.5 Å². The fourth-order valence-electron chi connectivity index (χ4n) is 4.66. The van der Waals surface area contributed by atoms with Gasteiger partial charge in [0, 0.05) is 39.9 Å². The molecule has 0 unspecified atom stereocenters. The van der Waals surface area contributed by atoms with Crippen molar-refractivity contribution in [3.63, 3.8) is 0 Å². The van der Waals surface area contributed by atoms with Gasteiger partial charge in [-0.3, -0.25) is 9.78 Å². The molecule has 0 saturated carbocycles. The Labute approximate surface area is 224 Å². The maximum Gasteiger partial charge on any atom is 0.260 e. The minimum absolute atomic E-state index is 0.291. The molecule has 3 aromatic carbocycles. The summed E-state index contributed by atoms with van der Waals surface area (Å²) in [6, 6.07) is 22.9. The van der Waals surface area contributed by atoms with Crippen LogP contribution in [0.4, 0.5) is 22.9 Å². The third-order valence-corrected chi connectivity index (χ3v) is 6.68. The van der Waals surface area contributed by atoms with E-state index >= 15 is 0 Å². The molecule has 39 heavy (non-hydrogen) atoms. The van der Waals surface area contributed by atoms with E-state index in [-0.39, 0.29) is 5.91 Å². The monoisotopic (exact) mass is 515 g/mol. The summed E-state index contributed by atoms with van der Waals surface area (Å²) in [4.78, 5) is 22.2. The van der Waals surface area contributed by atoms with E-state index in [0.29, 0.717) is 22.8 Å². The number of nitrogens with one attached hydrogen (secondary N) is 2. The van der Waals surface area contributed by atoms with Crippen LogP contribution in [-0.2, 0) is 0 Å². The van der Waals surface area contributed by atoms with Crippen LogP contribution in [0.1, 0.15) is 16.1 Å². The number of benzene rings is 3. The number of nitrogens with zero attached hydrogens (tertiary/aromatic N) is 4. The number of nitrogen functional groups attached to an aromatic ring is 1. The highest BCUT2D eigenvalue weighted by atomic mass is 16.5. The van der Waals surface area contributed by atoms with Crippen LogP contribution >= 0.6 is 0 Å². The quantitative estimate of drug-likeness (QED) is 0.238. The molecule has 1 amide bonds. The van der Waals surface area contributed by atoms with Crippen molar-refractivity contribution in [3.8, 4) is 11.4 Å². The Morgan fingerprint density at radius 1 is 0.872 bits per heavy atom. The third kappa shape index (κ3) is 4.36. The Kier molecular flexibility index (Phi) is 6.01. The van der Waals surface area contributed by atoms with Gasteiger partial charge in [-0.1, -0.05) is 24.3 Å². The molecule has 192 valence electrons. The molecule has 0 atom stereocenters. The van der Waals surface area contributed by atoms with Crippen LogP contribution in [0, 0.1) is 6.92 Å². The van der Waals surface area contributed by atoms with E-state index in [4.69, 9.17) is 10.5 Å². The molecular formula is C30H25N7O2. The molecule has 0 bridgehead atoms. The Balaban J connectivity index is 1.31. The number of aromatic nitrogens is 4. The second-order valence-electron chi connectivity index (χ2n) is 8.99. The van der Waals surface area contributed by atoms with Gasteiger partial charge in [-0.25, -0.2) is 9.67 Å². The van der Waals surface area contributed by atoms with Crippen molar-refractivity contribution in [1.82, 2.24) is 19.7 Å². The number of methoxy groups -OCH3 is 1. The summed E-state index contributed by atoms with van der Waals surface area (Å²) in [5, 5.41) is 13.5. The van der Waals surface area contributed by atoms with Crippen LogP contribution in [0.15, 0.2) is 91.4 Å². The fraction of sp³-hybridized carbons (Fsp3) is 0.0667. The van der Waals surface area contributed by atoms with E-state index in [0.717, 1.165) is 44.5 Å². The summed E-state index contributed by atoms with van der Waals surface area (Å²) in [5.41, 5.74) is 11.2. The smallest absolute Gasteiger partial charge is 0.260 e. The first-order valence-corrected chi connectivity index (χ1v) is 12.3. The zero-order valence-electron chi connectivity index (χ0n) is 21.3. The summed E-state index contributed by atoms with van der Waals surface area (Å²) in [6.07, 6.45) is 4.97. The molecule has 0 radical (unpaired) electrons. The van der Waals surface area contributed by atoms with E-state index in [2.05, 4.69) is 25.7 Å². The van der Waals surface area contributed by atoms with Gasteiger partial charge in [0.2, 0.25) is 0 Å². The van der Waals surface area contributed by atoms with Crippen LogP contribution in [0.2, 0.25) is 0 Å². The summed E-state index contributed by atoms with van der Waals surface area (Å²) in [5.74, 6) is 0.918. The zero-order valence-corrected chi connectivity index (χ0v) is 21.3. The Morgan fingerprint density at radius 2 is 1.62 bits per heavy atom. The van der Waals surface area contributed by atoms with Crippen LogP contribution in [0.25, 0.3) is 27.4 Å². The van der Waals surface area contributed by atoms with Gasteiger partial charge in [0.1, 0.15) is 11.6 Å².